The fourth-order valence-electron chi connectivity index (χ4n) is 3.08. The van der Waals surface area contributed by atoms with Crippen LogP contribution in [0.2, 0.25) is 0 Å². The maximum absolute atomic E-state index is 12.6. The van der Waals surface area contributed by atoms with Crippen LogP contribution in [0.1, 0.15) is 15.4 Å². The van der Waals surface area contributed by atoms with Gasteiger partial charge in [-0.1, -0.05) is 0 Å². The van der Waals surface area contributed by atoms with Gasteiger partial charge in [-0.05, 0) is 55.5 Å². The summed E-state index contributed by atoms with van der Waals surface area (Å²) in [6, 6.07) is 15.0. The van der Waals surface area contributed by atoms with E-state index >= 15 is 0 Å². The highest BCUT2D eigenvalue weighted by Crippen LogP contribution is 2.35. The smallest absolute Gasteiger partial charge is 0.257 e. The third-order valence-corrected chi connectivity index (χ3v) is 5.40. The number of hydrogen-bond donors (Lipinski definition) is 1. The molecule has 1 N–H and O–H groups in total. The van der Waals surface area contributed by atoms with Gasteiger partial charge in [-0.25, -0.2) is 4.98 Å². The lowest BCUT2D eigenvalue weighted by Crippen LogP contribution is -2.12. The number of carbonyl (C=O) groups excluding carboxylic acids is 1. The molecule has 0 spiro atoms. The van der Waals surface area contributed by atoms with Gasteiger partial charge in [0.1, 0.15) is 0 Å². The van der Waals surface area contributed by atoms with E-state index in [-0.39, 0.29) is 12.7 Å². The maximum Gasteiger partial charge on any atom is 0.257 e. The van der Waals surface area contributed by atoms with Crippen LogP contribution in [0.25, 0.3) is 21.5 Å². The quantitative estimate of drug-likeness (QED) is 0.552. The molecule has 3 heterocycles. The SMILES string of the molecule is Cc1nc2cc(NC(=O)c3ccc(-c4ccc5c(c4)OCO5)nc3)ccc2s1. The van der Waals surface area contributed by atoms with Crippen molar-refractivity contribution in [2.24, 2.45) is 0 Å². The van der Waals surface area contributed by atoms with Crippen LogP contribution in [-0.4, -0.2) is 22.7 Å². The second-order valence-electron chi connectivity index (χ2n) is 6.37. The van der Waals surface area contributed by atoms with Crippen LogP contribution in [0.5, 0.6) is 11.5 Å². The topological polar surface area (TPSA) is 73.3 Å². The molecule has 0 radical (unpaired) electrons. The summed E-state index contributed by atoms with van der Waals surface area (Å²) in [5, 5.41) is 3.90. The van der Waals surface area contributed by atoms with Crippen LogP contribution < -0.4 is 14.8 Å². The summed E-state index contributed by atoms with van der Waals surface area (Å²) in [5.74, 6) is 1.22. The average Bonchev–Trinajstić information content (AvgIpc) is 3.32. The number of benzene rings is 2. The van der Waals surface area contributed by atoms with Gasteiger partial charge in [0, 0.05) is 17.4 Å². The number of nitrogens with zero attached hydrogens (tertiary/aromatic N) is 2. The summed E-state index contributed by atoms with van der Waals surface area (Å²) in [4.78, 5) is 21.4. The zero-order valence-corrected chi connectivity index (χ0v) is 15.7. The number of carbonyl (C=O) groups is 1. The second kappa shape index (κ2) is 6.61. The fourth-order valence-corrected chi connectivity index (χ4v) is 3.89. The number of thiazole rings is 1. The number of aromatic nitrogens is 2. The van der Waals surface area contributed by atoms with Crippen LogP contribution >= 0.6 is 11.3 Å². The van der Waals surface area contributed by atoms with Gasteiger partial charge in [0.2, 0.25) is 6.79 Å². The Hall–Kier alpha value is -3.45. The van der Waals surface area contributed by atoms with Crippen LogP contribution in [0.3, 0.4) is 0 Å². The van der Waals surface area contributed by atoms with E-state index in [9.17, 15) is 4.79 Å². The molecule has 28 heavy (non-hydrogen) atoms. The Balaban J connectivity index is 1.35. The van der Waals surface area contributed by atoms with Crippen molar-refractivity contribution in [3.63, 3.8) is 0 Å². The lowest BCUT2D eigenvalue weighted by atomic mass is 10.1. The molecule has 0 bridgehead atoms. The highest BCUT2D eigenvalue weighted by molar-refractivity contribution is 7.18. The molecule has 0 atom stereocenters. The molecule has 6 nitrogen and oxygen atoms in total. The number of fused-ring (bicyclic) bond motifs is 2. The standard InChI is InChI=1S/C21H15N3O3S/c1-12-23-17-9-15(4-7-20(17)28-12)24-21(25)14-2-5-16(22-10-14)13-3-6-18-19(8-13)27-11-26-18/h2-10H,11H2,1H3,(H,24,25). The molecule has 7 heteroatoms. The van der Waals surface area contributed by atoms with Crippen molar-refractivity contribution in [1.82, 2.24) is 9.97 Å². The Morgan fingerprint density at radius 2 is 1.96 bits per heavy atom. The predicted octanol–water partition coefficient (Wildman–Crippen LogP) is 4.65. The molecule has 0 fully saturated rings. The van der Waals surface area contributed by atoms with Gasteiger partial charge >= 0.3 is 0 Å². The molecule has 2 aromatic carbocycles. The number of pyridine rings is 1. The zero-order chi connectivity index (χ0) is 19.1. The van der Waals surface area contributed by atoms with Crippen molar-refractivity contribution in [2.75, 3.05) is 12.1 Å². The van der Waals surface area contributed by atoms with E-state index in [4.69, 9.17) is 9.47 Å². The molecule has 4 aromatic rings. The Bertz CT molecular complexity index is 1200. The van der Waals surface area contributed by atoms with E-state index in [2.05, 4.69) is 15.3 Å². The minimum absolute atomic E-state index is 0.212. The summed E-state index contributed by atoms with van der Waals surface area (Å²) in [6.45, 7) is 2.20. The van der Waals surface area contributed by atoms with Crippen molar-refractivity contribution < 1.29 is 14.3 Å². The Kier molecular flexibility index (Phi) is 3.95. The Morgan fingerprint density at radius 3 is 2.82 bits per heavy atom. The van der Waals surface area contributed by atoms with Gasteiger partial charge < -0.3 is 14.8 Å². The molecular formula is C21H15N3O3S. The molecule has 138 valence electrons. The average molecular weight is 389 g/mol. The molecule has 1 aliphatic rings. The van der Waals surface area contributed by atoms with E-state index in [1.165, 1.54) is 0 Å². The van der Waals surface area contributed by atoms with Crippen molar-refractivity contribution in [3.05, 3.63) is 65.3 Å². The minimum atomic E-state index is -0.212. The third-order valence-electron chi connectivity index (χ3n) is 4.45. The number of aryl methyl sites for hydroxylation is 1. The molecule has 2 aromatic heterocycles. The van der Waals surface area contributed by atoms with Gasteiger partial charge in [0.15, 0.2) is 11.5 Å². The summed E-state index contributed by atoms with van der Waals surface area (Å²) >= 11 is 1.63. The van der Waals surface area contributed by atoms with E-state index < -0.39 is 0 Å². The first-order valence-electron chi connectivity index (χ1n) is 8.70. The molecular weight excluding hydrogens is 374 g/mol. The van der Waals surface area contributed by atoms with Gasteiger partial charge in [0.25, 0.3) is 5.91 Å². The van der Waals surface area contributed by atoms with Crippen LogP contribution in [0, 0.1) is 6.92 Å². The molecule has 1 amide bonds. The van der Waals surface area contributed by atoms with Gasteiger partial charge in [-0.2, -0.15) is 0 Å². The van der Waals surface area contributed by atoms with E-state index in [1.54, 1.807) is 23.6 Å². The van der Waals surface area contributed by atoms with Gasteiger partial charge in [-0.3, -0.25) is 9.78 Å². The van der Waals surface area contributed by atoms with Crippen LogP contribution in [-0.2, 0) is 0 Å². The van der Waals surface area contributed by atoms with E-state index in [0.717, 1.165) is 32.2 Å². The monoisotopic (exact) mass is 389 g/mol. The summed E-state index contributed by atoms with van der Waals surface area (Å²) < 4.78 is 11.8. The van der Waals surface area contributed by atoms with Crippen molar-refractivity contribution in [2.45, 2.75) is 6.92 Å². The second-order valence-corrected chi connectivity index (χ2v) is 7.60. The minimum Gasteiger partial charge on any atom is -0.454 e. The molecule has 0 unspecified atom stereocenters. The molecule has 0 saturated carbocycles. The maximum atomic E-state index is 12.6. The molecule has 0 saturated heterocycles. The third kappa shape index (κ3) is 3.05. The van der Waals surface area contributed by atoms with Gasteiger partial charge in [-0.15, -0.1) is 11.3 Å². The van der Waals surface area contributed by atoms with E-state index in [1.807, 2.05) is 49.4 Å². The normalized spacial score (nSPS) is 12.3. The Labute approximate surface area is 164 Å². The zero-order valence-electron chi connectivity index (χ0n) is 14.9. The molecule has 1 aliphatic heterocycles. The predicted molar refractivity (Wildman–Crippen MR) is 108 cm³/mol. The first-order valence-corrected chi connectivity index (χ1v) is 9.52. The number of nitrogens with one attached hydrogen (secondary N) is 1. The first kappa shape index (κ1) is 16.7. The van der Waals surface area contributed by atoms with Crippen molar-refractivity contribution >= 4 is 33.1 Å². The highest BCUT2D eigenvalue weighted by Gasteiger charge is 2.15. The number of ether oxygens (including phenoxy) is 2. The number of hydrogen-bond acceptors (Lipinski definition) is 6. The molecule has 5 rings (SSSR count). The number of anilines is 1. The highest BCUT2D eigenvalue weighted by atomic mass is 32.1. The lowest BCUT2D eigenvalue weighted by molar-refractivity contribution is 0.102. The lowest BCUT2D eigenvalue weighted by Gasteiger charge is -2.07. The number of rotatable bonds is 3. The van der Waals surface area contributed by atoms with E-state index in [0.29, 0.717) is 17.0 Å². The van der Waals surface area contributed by atoms with Crippen molar-refractivity contribution in [1.29, 1.82) is 0 Å². The number of amides is 1. The summed E-state index contributed by atoms with van der Waals surface area (Å²) in [5.41, 5.74) is 3.74. The van der Waals surface area contributed by atoms with Gasteiger partial charge in [0.05, 0.1) is 26.5 Å². The van der Waals surface area contributed by atoms with Crippen LogP contribution in [0.4, 0.5) is 5.69 Å². The van der Waals surface area contributed by atoms with Crippen molar-refractivity contribution in [3.8, 4) is 22.8 Å². The summed E-state index contributed by atoms with van der Waals surface area (Å²) in [7, 11) is 0. The summed E-state index contributed by atoms with van der Waals surface area (Å²) in [6.07, 6.45) is 1.57. The van der Waals surface area contributed by atoms with Crippen LogP contribution in [0.15, 0.2) is 54.7 Å². The fraction of sp³-hybridized carbons (Fsp3) is 0.0952. The molecule has 0 aliphatic carbocycles. The first-order chi connectivity index (χ1) is 13.7. The Morgan fingerprint density at radius 1 is 1.07 bits per heavy atom. The largest absolute Gasteiger partial charge is 0.454 e.